The summed E-state index contributed by atoms with van der Waals surface area (Å²) < 4.78 is 0.957. The lowest BCUT2D eigenvalue weighted by atomic mass is 9.96. The molecule has 0 radical (unpaired) electrons. The summed E-state index contributed by atoms with van der Waals surface area (Å²) in [7, 11) is 0. The van der Waals surface area contributed by atoms with Crippen LogP contribution in [-0.4, -0.2) is 16.2 Å². The Labute approximate surface area is 126 Å². The molecule has 2 aromatic rings. The van der Waals surface area contributed by atoms with Gasteiger partial charge in [0, 0.05) is 4.47 Å². The maximum absolute atomic E-state index is 10.9. The molecule has 0 fully saturated rings. The van der Waals surface area contributed by atoms with Crippen molar-refractivity contribution in [1.82, 2.24) is 0 Å². The van der Waals surface area contributed by atoms with Crippen LogP contribution in [0.15, 0.2) is 53.0 Å². The Balaban J connectivity index is 2.21. The van der Waals surface area contributed by atoms with E-state index < -0.39 is 18.0 Å². The van der Waals surface area contributed by atoms with Gasteiger partial charge >= 0.3 is 5.97 Å². The molecule has 0 heterocycles. The number of benzene rings is 2. The Bertz CT molecular complexity index is 590. The fourth-order valence-corrected chi connectivity index (χ4v) is 2.21. The Hall–Kier alpha value is -1.65. The third-order valence-corrected chi connectivity index (χ3v) is 3.84. The number of carbonyl (C=O) groups is 1. The van der Waals surface area contributed by atoms with Gasteiger partial charge in [-0.1, -0.05) is 52.3 Å². The average Bonchev–Trinajstić information content (AvgIpc) is 2.46. The van der Waals surface area contributed by atoms with Crippen LogP contribution in [0.25, 0.3) is 0 Å². The highest BCUT2D eigenvalue weighted by molar-refractivity contribution is 9.10. The lowest BCUT2D eigenvalue weighted by molar-refractivity contribution is -0.138. The Morgan fingerprint density at radius 3 is 1.80 bits per heavy atom. The summed E-state index contributed by atoms with van der Waals surface area (Å²) in [6.07, 6.45) is -0.711. The third-order valence-electron chi connectivity index (χ3n) is 3.31. The number of rotatable bonds is 4. The van der Waals surface area contributed by atoms with E-state index in [0.717, 1.165) is 21.2 Å². The van der Waals surface area contributed by atoms with Crippen molar-refractivity contribution in [2.45, 2.75) is 18.9 Å². The van der Waals surface area contributed by atoms with Gasteiger partial charge < -0.3 is 10.2 Å². The predicted octanol–water partition coefficient (Wildman–Crippen LogP) is 3.72. The molecule has 0 aliphatic carbocycles. The zero-order valence-corrected chi connectivity index (χ0v) is 12.5. The van der Waals surface area contributed by atoms with Crippen LogP contribution >= 0.6 is 15.9 Å². The van der Waals surface area contributed by atoms with Gasteiger partial charge in [0.15, 0.2) is 0 Å². The molecule has 0 saturated heterocycles. The van der Waals surface area contributed by atoms with Gasteiger partial charge in [-0.2, -0.15) is 0 Å². The standard InChI is InChI=1S/C16H15BrO3/c1-10(16(19)20)11-2-4-12(5-3-11)15(18)13-6-8-14(17)9-7-13/h2-10,15,18H,1H3,(H,19,20). The van der Waals surface area contributed by atoms with Crippen LogP contribution in [0.2, 0.25) is 0 Å². The molecule has 2 rings (SSSR count). The molecule has 2 atom stereocenters. The molecule has 2 aromatic carbocycles. The molecule has 2 N–H and O–H groups in total. The topological polar surface area (TPSA) is 57.5 Å². The molecule has 0 saturated carbocycles. The first-order valence-corrected chi connectivity index (χ1v) is 7.04. The second-order valence-electron chi connectivity index (χ2n) is 4.68. The highest BCUT2D eigenvalue weighted by Gasteiger charge is 2.15. The van der Waals surface area contributed by atoms with Crippen LogP contribution in [0.1, 0.15) is 35.6 Å². The molecule has 0 spiro atoms. The highest BCUT2D eigenvalue weighted by Crippen LogP contribution is 2.25. The van der Waals surface area contributed by atoms with Gasteiger partial charge in [0.25, 0.3) is 0 Å². The molecule has 104 valence electrons. The number of halogens is 1. The lowest BCUT2D eigenvalue weighted by Crippen LogP contribution is -2.07. The monoisotopic (exact) mass is 334 g/mol. The smallest absolute Gasteiger partial charge is 0.310 e. The zero-order valence-electron chi connectivity index (χ0n) is 11.0. The minimum absolute atomic E-state index is 0.547. The Kier molecular flexibility index (Phi) is 4.57. The molecule has 0 aliphatic rings. The van der Waals surface area contributed by atoms with E-state index in [9.17, 15) is 9.90 Å². The van der Waals surface area contributed by atoms with Gasteiger partial charge in [-0.3, -0.25) is 4.79 Å². The van der Waals surface area contributed by atoms with Crippen LogP contribution in [-0.2, 0) is 4.79 Å². The first-order chi connectivity index (χ1) is 9.49. The van der Waals surface area contributed by atoms with Crippen molar-refractivity contribution in [3.8, 4) is 0 Å². The number of aliphatic carboxylic acids is 1. The number of hydrogen-bond acceptors (Lipinski definition) is 2. The minimum Gasteiger partial charge on any atom is -0.481 e. The molecule has 2 unspecified atom stereocenters. The van der Waals surface area contributed by atoms with Gasteiger partial charge in [0.1, 0.15) is 6.10 Å². The molecular formula is C16H15BrO3. The van der Waals surface area contributed by atoms with Crippen molar-refractivity contribution >= 4 is 21.9 Å². The van der Waals surface area contributed by atoms with Gasteiger partial charge in [-0.05, 0) is 35.7 Å². The summed E-state index contributed by atoms with van der Waals surface area (Å²) >= 11 is 3.35. The second-order valence-corrected chi connectivity index (χ2v) is 5.60. The maximum Gasteiger partial charge on any atom is 0.310 e. The first kappa shape index (κ1) is 14.8. The van der Waals surface area contributed by atoms with E-state index in [4.69, 9.17) is 5.11 Å². The van der Waals surface area contributed by atoms with E-state index in [1.54, 1.807) is 31.2 Å². The summed E-state index contributed by atoms with van der Waals surface area (Å²) in [6, 6.07) is 14.5. The fraction of sp³-hybridized carbons (Fsp3) is 0.188. The van der Waals surface area contributed by atoms with E-state index in [1.807, 2.05) is 24.3 Å². The number of aliphatic hydroxyl groups is 1. The summed E-state index contributed by atoms with van der Waals surface area (Å²) in [5.74, 6) is -1.40. The molecule has 0 amide bonds. The van der Waals surface area contributed by atoms with E-state index in [0.29, 0.717) is 0 Å². The Morgan fingerprint density at radius 1 is 0.950 bits per heavy atom. The van der Waals surface area contributed by atoms with E-state index in [2.05, 4.69) is 15.9 Å². The Morgan fingerprint density at radius 2 is 1.35 bits per heavy atom. The minimum atomic E-state index is -0.855. The van der Waals surface area contributed by atoms with Crippen LogP contribution < -0.4 is 0 Å². The quantitative estimate of drug-likeness (QED) is 0.895. The summed E-state index contributed by atoms with van der Waals surface area (Å²) in [5, 5.41) is 19.3. The summed E-state index contributed by atoms with van der Waals surface area (Å²) in [4.78, 5) is 10.9. The molecule has 20 heavy (non-hydrogen) atoms. The number of carboxylic acids is 1. The summed E-state index contributed by atoms with van der Waals surface area (Å²) in [5.41, 5.74) is 2.27. The van der Waals surface area contributed by atoms with E-state index in [1.165, 1.54) is 0 Å². The normalized spacial score (nSPS) is 13.8. The molecule has 3 nitrogen and oxygen atoms in total. The molecule has 0 aliphatic heterocycles. The zero-order chi connectivity index (χ0) is 14.7. The van der Waals surface area contributed by atoms with Crippen molar-refractivity contribution < 1.29 is 15.0 Å². The molecule has 0 aromatic heterocycles. The van der Waals surface area contributed by atoms with Gasteiger partial charge in [0.2, 0.25) is 0 Å². The SMILES string of the molecule is CC(C(=O)O)c1ccc(C(O)c2ccc(Br)cc2)cc1. The van der Waals surface area contributed by atoms with Gasteiger partial charge in [-0.15, -0.1) is 0 Å². The van der Waals surface area contributed by atoms with Crippen LogP contribution in [0, 0.1) is 0 Å². The van der Waals surface area contributed by atoms with Crippen LogP contribution in [0.5, 0.6) is 0 Å². The van der Waals surface area contributed by atoms with Crippen molar-refractivity contribution in [2.75, 3.05) is 0 Å². The largest absolute Gasteiger partial charge is 0.481 e. The molecular weight excluding hydrogens is 320 g/mol. The number of aliphatic hydroxyl groups excluding tert-OH is 1. The molecule has 4 heteroatoms. The van der Waals surface area contributed by atoms with Crippen molar-refractivity contribution in [1.29, 1.82) is 0 Å². The first-order valence-electron chi connectivity index (χ1n) is 6.25. The number of carboxylic acid groups (broad SMARTS) is 1. The lowest BCUT2D eigenvalue weighted by Gasteiger charge is -2.13. The predicted molar refractivity (Wildman–Crippen MR) is 80.7 cm³/mol. The average molecular weight is 335 g/mol. The van der Waals surface area contributed by atoms with E-state index in [-0.39, 0.29) is 0 Å². The molecule has 0 bridgehead atoms. The summed E-state index contributed by atoms with van der Waals surface area (Å²) in [6.45, 7) is 1.64. The maximum atomic E-state index is 10.9. The third kappa shape index (κ3) is 3.26. The highest BCUT2D eigenvalue weighted by atomic mass is 79.9. The van der Waals surface area contributed by atoms with Crippen molar-refractivity contribution in [3.63, 3.8) is 0 Å². The van der Waals surface area contributed by atoms with Gasteiger partial charge in [0.05, 0.1) is 5.92 Å². The van der Waals surface area contributed by atoms with Crippen LogP contribution in [0.3, 0.4) is 0 Å². The van der Waals surface area contributed by atoms with Crippen molar-refractivity contribution in [2.24, 2.45) is 0 Å². The second kappa shape index (κ2) is 6.20. The van der Waals surface area contributed by atoms with E-state index >= 15 is 0 Å². The van der Waals surface area contributed by atoms with Gasteiger partial charge in [-0.25, -0.2) is 0 Å². The fourth-order valence-electron chi connectivity index (χ4n) is 1.95. The van der Waals surface area contributed by atoms with Crippen molar-refractivity contribution in [3.05, 3.63) is 69.7 Å². The number of hydrogen-bond donors (Lipinski definition) is 2. The van der Waals surface area contributed by atoms with Crippen LogP contribution in [0.4, 0.5) is 0 Å².